The van der Waals surface area contributed by atoms with Gasteiger partial charge in [-0.25, -0.2) is 0 Å². The molecule has 3 atom stereocenters. The number of hydrogen-bond donors (Lipinski definition) is 0. The summed E-state index contributed by atoms with van der Waals surface area (Å²) in [7, 11) is 0. The van der Waals surface area contributed by atoms with Gasteiger partial charge in [0, 0.05) is 49.7 Å². The van der Waals surface area contributed by atoms with Crippen LogP contribution < -0.4 is 5.56 Å². The predicted octanol–water partition coefficient (Wildman–Crippen LogP) is 2.89. The molecule has 5 nitrogen and oxygen atoms in total. The van der Waals surface area contributed by atoms with E-state index in [2.05, 4.69) is 0 Å². The summed E-state index contributed by atoms with van der Waals surface area (Å²) in [4.78, 5) is 27.9. The van der Waals surface area contributed by atoms with Crippen LogP contribution in [0.3, 0.4) is 0 Å². The molecular weight excluding hydrogens is 350 g/mol. The molecule has 1 saturated heterocycles. The number of carbonyl (C=O) groups is 1. The smallest absolute Gasteiger partial charge is 0.250 e. The van der Waals surface area contributed by atoms with E-state index in [4.69, 9.17) is 0 Å². The van der Waals surface area contributed by atoms with Gasteiger partial charge in [0.1, 0.15) is 6.04 Å². The minimum atomic E-state index is -0.354. The van der Waals surface area contributed by atoms with Gasteiger partial charge in [-0.1, -0.05) is 36.4 Å². The van der Waals surface area contributed by atoms with Gasteiger partial charge in [0.25, 0.3) is 5.56 Å². The maximum atomic E-state index is 13.6. The lowest BCUT2D eigenvalue weighted by Crippen LogP contribution is -2.50. The Bertz CT molecular complexity index is 1040. The molecule has 2 aliphatic heterocycles. The van der Waals surface area contributed by atoms with Crippen molar-refractivity contribution in [3.63, 3.8) is 0 Å². The van der Waals surface area contributed by atoms with E-state index in [9.17, 15) is 9.59 Å². The number of hydrogen-bond acceptors (Lipinski definition) is 2. The number of rotatable bonds is 3. The summed E-state index contributed by atoms with van der Waals surface area (Å²) >= 11 is 0. The molecule has 0 radical (unpaired) electrons. The number of piperidine rings is 1. The third kappa shape index (κ3) is 2.87. The Morgan fingerprint density at radius 3 is 2.46 bits per heavy atom. The molecule has 1 amide bonds. The molecule has 142 valence electrons. The van der Waals surface area contributed by atoms with Gasteiger partial charge >= 0.3 is 0 Å². The first-order valence-corrected chi connectivity index (χ1v) is 9.86. The topological polar surface area (TPSA) is 47.2 Å². The van der Waals surface area contributed by atoms with Gasteiger partial charge in [0.05, 0.1) is 0 Å². The molecule has 0 aliphatic carbocycles. The van der Waals surface area contributed by atoms with Crippen LogP contribution in [-0.2, 0) is 11.3 Å². The van der Waals surface area contributed by atoms with Crippen LogP contribution in [0.25, 0.3) is 0 Å². The first kappa shape index (κ1) is 17.0. The zero-order chi connectivity index (χ0) is 19.1. The molecule has 0 spiro atoms. The monoisotopic (exact) mass is 373 g/mol. The fraction of sp³-hybridized carbons (Fsp3) is 0.304. The normalized spacial score (nSPS) is 21.8. The Morgan fingerprint density at radius 2 is 1.68 bits per heavy atom. The van der Waals surface area contributed by atoms with Crippen LogP contribution >= 0.6 is 0 Å². The van der Waals surface area contributed by atoms with Crippen LogP contribution in [0.1, 0.15) is 29.6 Å². The van der Waals surface area contributed by atoms with Gasteiger partial charge in [0.15, 0.2) is 0 Å². The number of fused-ring (bicyclic) bond motifs is 4. The molecule has 0 N–H and O–H groups in total. The Hall–Kier alpha value is -3.08. The zero-order valence-corrected chi connectivity index (χ0v) is 15.6. The van der Waals surface area contributed by atoms with Gasteiger partial charge in [-0.05, 0) is 36.1 Å². The molecule has 2 aromatic heterocycles. The van der Waals surface area contributed by atoms with Crippen molar-refractivity contribution >= 4 is 5.91 Å². The number of aromatic nitrogens is 2. The third-order valence-corrected chi connectivity index (χ3v) is 6.07. The first-order chi connectivity index (χ1) is 13.7. The van der Waals surface area contributed by atoms with Crippen LogP contribution in [0.2, 0.25) is 0 Å². The quantitative estimate of drug-likeness (QED) is 0.709. The largest absolute Gasteiger partial charge is 0.340 e. The summed E-state index contributed by atoms with van der Waals surface area (Å²) in [5, 5.41) is 0. The average Bonchev–Trinajstić information content (AvgIpc) is 3.24. The number of carbonyl (C=O) groups excluding carboxylic acids is 1. The van der Waals surface area contributed by atoms with Crippen molar-refractivity contribution in [3.05, 3.63) is 94.7 Å². The highest BCUT2D eigenvalue weighted by molar-refractivity contribution is 5.84. The van der Waals surface area contributed by atoms with Crippen molar-refractivity contribution in [2.24, 2.45) is 5.92 Å². The van der Waals surface area contributed by atoms with E-state index in [1.165, 1.54) is 0 Å². The molecule has 28 heavy (non-hydrogen) atoms. The minimum absolute atomic E-state index is 0.0708. The molecule has 2 aliphatic rings. The van der Waals surface area contributed by atoms with E-state index in [1.807, 2.05) is 81.0 Å². The number of likely N-dealkylation sites (tertiary alicyclic amines) is 1. The van der Waals surface area contributed by atoms with Crippen molar-refractivity contribution < 1.29 is 4.79 Å². The molecule has 2 bridgehead atoms. The van der Waals surface area contributed by atoms with Gasteiger partial charge in [-0.2, -0.15) is 0 Å². The highest BCUT2D eigenvalue weighted by atomic mass is 16.2. The van der Waals surface area contributed by atoms with Crippen molar-refractivity contribution in [2.75, 3.05) is 13.1 Å². The maximum Gasteiger partial charge on any atom is 0.250 e. The minimum Gasteiger partial charge on any atom is -0.340 e. The van der Waals surface area contributed by atoms with E-state index < -0.39 is 0 Å². The van der Waals surface area contributed by atoms with Crippen molar-refractivity contribution in [3.8, 4) is 0 Å². The van der Waals surface area contributed by atoms with Gasteiger partial charge in [0.2, 0.25) is 5.91 Å². The molecule has 0 saturated carbocycles. The molecule has 4 heterocycles. The summed E-state index contributed by atoms with van der Waals surface area (Å²) in [5.41, 5.74) is 2.14. The van der Waals surface area contributed by atoms with E-state index >= 15 is 0 Å². The molecule has 3 aromatic rings. The van der Waals surface area contributed by atoms with Gasteiger partial charge < -0.3 is 14.0 Å². The first-order valence-electron chi connectivity index (χ1n) is 9.86. The van der Waals surface area contributed by atoms with Crippen LogP contribution in [0, 0.1) is 5.92 Å². The highest BCUT2D eigenvalue weighted by Crippen LogP contribution is 2.36. The summed E-state index contributed by atoms with van der Waals surface area (Å²) in [5.74, 6) is 0.687. The standard InChI is InChI=1S/C23H23N3O2/c27-21-10-6-9-20-19-13-17(15-26(20)21)14-25(16-19)23(28)22(24-11-4-5-12-24)18-7-2-1-3-8-18/h1-12,17,19,22H,13-16H2/t17?,19?,22-/m1/s1. The Morgan fingerprint density at radius 1 is 0.893 bits per heavy atom. The lowest BCUT2D eigenvalue weighted by molar-refractivity contribution is -0.136. The molecule has 1 aromatic carbocycles. The molecule has 5 heteroatoms. The predicted molar refractivity (Wildman–Crippen MR) is 107 cm³/mol. The summed E-state index contributed by atoms with van der Waals surface area (Å²) in [6.45, 7) is 2.08. The second kappa shape index (κ2) is 6.82. The lowest BCUT2D eigenvalue weighted by Gasteiger charge is -2.43. The fourth-order valence-corrected chi connectivity index (χ4v) is 4.85. The second-order valence-corrected chi connectivity index (χ2v) is 7.88. The number of nitrogens with zero attached hydrogens (tertiary/aromatic N) is 3. The van der Waals surface area contributed by atoms with E-state index in [-0.39, 0.29) is 23.4 Å². The van der Waals surface area contributed by atoms with Crippen molar-refractivity contribution in [1.82, 2.24) is 14.0 Å². The number of amides is 1. The fourth-order valence-electron chi connectivity index (χ4n) is 4.85. The average molecular weight is 373 g/mol. The Balaban J connectivity index is 1.48. The maximum absolute atomic E-state index is 13.6. The Labute approximate surface area is 163 Å². The van der Waals surface area contributed by atoms with Crippen LogP contribution in [0.4, 0.5) is 0 Å². The SMILES string of the molecule is O=C([C@@H](c1ccccc1)n1cccc1)N1CC2CC(C1)c1cccc(=O)n1C2. The summed E-state index contributed by atoms with van der Waals surface area (Å²) < 4.78 is 3.89. The molecular formula is C23H23N3O2. The van der Waals surface area contributed by atoms with E-state index in [0.717, 1.165) is 17.7 Å². The Kier molecular flexibility index (Phi) is 4.15. The highest BCUT2D eigenvalue weighted by Gasteiger charge is 2.38. The van der Waals surface area contributed by atoms with Crippen LogP contribution in [0.15, 0.2) is 77.9 Å². The number of pyridine rings is 1. The van der Waals surface area contributed by atoms with Gasteiger partial charge in [-0.3, -0.25) is 9.59 Å². The zero-order valence-electron chi connectivity index (χ0n) is 15.6. The summed E-state index contributed by atoms with van der Waals surface area (Å²) in [6, 6.07) is 19.0. The molecule has 1 fully saturated rings. The summed E-state index contributed by atoms with van der Waals surface area (Å²) in [6.07, 6.45) is 4.96. The molecule has 2 unspecified atom stereocenters. The van der Waals surface area contributed by atoms with Gasteiger partial charge in [-0.15, -0.1) is 0 Å². The van der Waals surface area contributed by atoms with Crippen LogP contribution in [-0.4, -0.2) is 33.0 Å². The van der Waals surface area contributed by atoms with Crippen molar-refractivity contribution in [1.29, 1.82) is 0 Å². The van der Waals surface area contributed by atoms with E-state index in [0.29, 0.717) is 25.6 Å². The van der Waals surface area contributed by atoms with Crippen LogP contribution in [0.5, 0.6) is 0 Å². The van der Waals surface area contributed by atoms with E-state index in [1.54, 1.807) is 6.07 Å². The lowest BCUT2D eigenvalue weighted by atomic mass is 9.82. The molecule has 5 rings (SSSR count). The second-order valence-electron chi connectivity index (χ2n) is 7.88. The third-order valence-electron chi connectivity index (χ3n) is 6.07. The van der Waals surface area contributed by atoms with Crippen molar-refractivity contribution in [2.45, 2.75) is 24.9 Å². The number of benzene rings is 1.